The van der Waals surface area contributed by atoms with Gasteiger partial charge in [-0.05, 0) is 17.7 Å². The van der Waals surface area contributed by atoms with E-state index in [1.54, 1.807) is 11.8 Å². The molecule has 1 rings (SSSR count). The van der Waals surface area contributed by atoms with Crippen molar-refractivity contribution in [3.05, 3.63) is 35.4 Å². The summed E-state index contributed by atoms with van der Waals surface area (Å²) >= 11 is 7.14. The van der Waals surface area contributed by atoms with E-state index in [-0.39, 0.29) is 0 Å². The molecule has 3 heteroatoms. The molecule has 0 amide bonds. The Labute approximate surface area is 96.9 Å². The Balaban J connectivity index is 2.88. The smallest absolute Gasteiger partial charge is 0.101 e. The summed E-state index contributed by atoms with van der Waals surface area (Å²) in [4.78, 5) is 0. The average molecular weight is 222 g/mol. The lowest BCUT2D eigenvalue weighted by Gasteiger charge is -2.08. The molecule has 0 radical (unpaired) electrons. The van der Waals surface area contributed by atoms with E-state index in [1.165, 1.54) is 17.4 Å². The second-order valence-electron chi connectivity index (χ2n) is 3.13. The second-order valence-corrected chi connectivity index (χ2v) is 5.07. The molecule has 0 aliphatic carbocycles. The van der Waals surface area contributed by atoms with E-state index in [1.807, 2.05) is 0 Å². The summed E-state index contributed by atoms with van der Waals surface area (Å²) in [7, 11) is 2.20. The van der Waals surface area contributed by atoms with Crippen LogP contribution < -0.4 is 0 Å². The van der Waals surface area contributed by atoms with Gasteiger partial charge in [0.15, 0.2) is 0 Å². The molecule has 0 saturated heterocycles. The van der Waals surface area contributed by atoms with E-state index >= 15 is 0 Å². The van der Waals surface area contributed by atoms with E-state index < -0.39 is 0 Å². The van der Waals surface area contributed by atoms with Gasteiger partial charge in [0.25, 0.3) is 0 Å². The maximum Gasteiger partial charge on any atom is 0.101 e. The number of aryl methyl sites for hydroxylation is 1. The van der Waals surface area contributed by atoms with Crippen molar-refractivity contribution in [2.75, 3.05) is 5.75 Å². The van der Waals surface area contributed by atoms with Crippen LogP contribution in [0.25, 0.3) is 0 Å². The third-order valence-corrected chi connectivity index (χ3v) is 3.38. The van der Waals surface area contributed by atoms with Crippen molar-refractivity contribution < 1.29 is 0 Å². The van der Waals surface area contributed by atoms with Crippen LogP contribution in [0.1, 0.15) is 18.1 Å². The normalized spacial score (nSPS) is 10.1. The van der Waals surface area contributed by atoms with Crippen LogP contribution in [0.2, 0.25) is 6.32 Å². The van der Waals surface area contributed by atoms with E-state index in [4.69, 9.17) is 12.2 Å². The summed E-state index contributed by atoms with van der Waals surface area (Å²) in [6.07, 6.45) is 2.30. The van der Waals surface area contributed by atoms with Crippen LogP contribution in [0.4, 0.5) is 0 Å². The summed E-state index contributed by atoms with van der Waals surface area (Å²) in [5.41, 5.74) is 2.65. The first kappa shape index (κ1) is 11.8. The highest BCUT2D eigenvalue weighted by Crippen LogP contribution is 2.18. The number of thioether (sulfide) groups is 1. The van der Waals surface area contributed by atoms with Gasteiger partial charge in [0.1, 0.15) is 7.85 Å². The molecule has 0 nitrogen and oxygen atoms in total. The number of hydrogen-bond donors (Lipinski definition) is 0. The lowest BCUT2D eigenvalue weighted by molar-refractivity contribution is 1.13. The maximum atomic E-state index is 5.38. The van der Waals surface area contributed by atoms with E-state index in [0.29, 0.717) is 0 Å². The van der Waals surface area contributed by atoms with Crippen LogP contribution >= 0.6 is 24.0 Å². The largest absolute Gasteiger partial charge is 0.114 e. The molecule has 0 heterocycles. The minimum absolute atomic E-state index is 1.04. The van der Waals surface area contributed by atoms with Gasteiger partial charge in [0.2, 0.25) is 0 Å². The fourth-order valence-corrected chi connectivity index (χ4v) is 2.59. The summed E-state index contributed by atoms with van der Waals surface area (Å²) in [5.74, 6) is 1.05. The Bertz CT molecular complexity index is 310. The minimum atomic E-state index is 1.04. The zero-order chi connectivity index (χ0) is 10.4. The molecule has 0 saturated carbocycles. The molecule has 14 heavy (non-hydrogen) atoms. The second kappa shape index (κ2) is 6.25. The summed E-state index contributed by atoms with van der Waals surface area (Å²) in [5, 5.41) is 0. The van der Waals surface area contributed by atoms with Crippen molar-refractivity contribution >= 4 is 36.0 Å². The molecule has 0 atom stereocenters. The molecule has 0 aliphatic rings. The highest BCUT2D eigenvalue weighted by molar-refractivity contribution is 8.23. The molecule has 0 spiro atoms. The lowest BCUT2D eigenvalue weighted by atomic mass is 9.95. The zero-order valence-corrected chi connectivity index (χ0v) is 10.4. The molecule has 74 valence electrons. The van der Waals surface area contributed by atoms with Gasteiger partial charge in [-0.25, -0.2) is 0 Å². The predicted octanol–water partition coefficient (Wildman–Crippen LogP) is 2.71. The van der Waals surface area contributed by atoms with Crippen molar-refractivity contribution in [3.8, 4) is 0 Å². The quantitative estimate of drug-likeness (QED) is 0.567. The summed E-state index contributed by atoms with van der Waals surface area (Å²) in [6, 6.07) is 8.47. The van der Waals surface area contributed by atoms with E-state index in [2.05, 4.69) is 39.0 Å². The van der Waals surface area contributed by atoms with Crippen LogP contribution in [0.5, 0.6) is 0 Å². The number of hydrogen-bond acceptors (Lipinski definition) is 2. The van der Waals surface area contributed by atoms with Crippen LogP contribution in [0.3, 0.4) is 0 Å². The van der Waals surface area contributed by atoms with Gasteiger partial charge in [-0.2, -0.15) is 0 Å². The first-order valence-electron chi connectivity index (χ1n) is 5.04. The SMILES string of the molecule is BCCc1ccccc1C(=S)SCC. The number of thiocarbonyl (C=S) groups is 1. The van der Waals surface area contributed by atoms with Crippen molar-refractivity contribution in [1.29, 1.82) is 0 Å². The maximum absolute atomic E-state index is 5.38. The van der Waals surface area contributed by atoms with Crippen molar-refractivity contribution in [3.63, 3.8) is 0 Å². The summed E-state index contributed by atoms with van der Waals surface area (Å²) < 4.78 is 1.04. The van der Waals surface area contributed by atoms with Gasteiger partial charge >= 0.3 is 0 Å². The molecule has 0 unspecified atom stereocenters. The Hall–Kier alpha value is -0.275. The van der Waals surface area contributed by atoms with Gasteiger partial charge in [-0.3, -0.25) is 0 Å². The van der Waals surface area contributed by atoms with Crippen molar-refractivity contribution in [2.45, 2.75) is 19.7 Å². The molecular formula is C11H15BS2. The molecule has 0 N–H and O–H groups in total. The third-order valence-electron chi connectivity index (χ3n) is 2.03. The van der Waals surface area contributed by atoms with Crippen molar-refractivity contribution in [1.82, 2.24) is 0 Å². The lowest BCUT2D eigenvalue weighted by Crippen LogP contribution is -1.99. The minimum Gasteiger partial charge on any atom is -0.114 e. The van der Waals surface area contributed by atoms with Crippen LogP contribution in [-0.2, 0) is 6.42 Å². The van der Waals surface area contributed by atoms with E-state index in [0.717, 1.165) is 16.4 Å². The first-order valence-corrected chi connectivity index (χ1v) is 6.44. The number of benzene rings is 1. The Morgan fingerprint density at radius 1 is 1.43 bits per heavy atom. The van der Waals surface area contributed by atoms with Gasteiger partial charge in [-0.1, -0.05) is 49.7 Å². The van der Waals surface area contributed by atoms with Gasteiger partial charge in [-0.15, -0.1) is 11.8 Å². The Kier molecular flexibility index (Phi) is 5.27. The molecule has 0 bridgehead atoms. The van der Waals surface area contributed by atoms with Gasteiger partial charge < -0.3 is 0 Å². The predicted molar refractivity (Wildman–Crippen MR) is 73.3 cm³/mol. The molecule has 0 aliphatic heterocycles. The van der Waals surface area contributed by atoms with Crippen LogP contribution in [0, 0.1) is 0 Å². The fraction of sp³-hybridized carbons (Fsp3) is 0.364. The zero-order valence-electron chi connectivity index (χ0n) is 8.75. The van der Waals surface area contributed by atoms with Crippen LogP contribution in [0.15, 0.2) is 24.3 Å². The highest BCUT2D eigenvalue weighted by Gasteiger charge is 2.05. The Morgan fingerprint density at radius 3 is 2.79 bits per heavy atom. The van der Waals surface area contributed by atoms with E-state index in [9.17, 15) is 0 Å². The van der Waals surface area contributed by atoms with Crippen LogP contribution in [-0.4, -0.2) is 17.8 Å². The van der Waals surface area contributed by atoms with Gasteiger partial charge in [0.05, 0.1) is 4.20 Å². The monoisotopic (exact) mass is 222 g/mol. The van der Waals surface area contributed by atoms with Gasteiger partial charge in [0, 0.05) is 5.56 Å². The highest BCUT2D eigenvalue weighted by atomic mass is 32.2. The molecule has 1 aromatic carbocycles. The molecule has 0 aromatic heterocycles. The molecule has 1 aromatic rings. The fourth-order valence-electron chi connectivity index (χ4n) is 1.42. The Morgan fingerprint density at radius 2 is 2.14 bits per heavy atom. The molecule has 0 fully saturated rings. The van der Waals surface area contributed by atoms with Crippen molar-refractivity contribution in [2.24, 2.45) is 0 Å². The summed E-state index contributed by atoms with van der Waals surface area (Å²) in [6.45, 7) is 2.14. The standard InChI is InChI=1S/C11H15BS2/c1-2-14-11(13)10-6-4-3-5-9(10)7-8-12/h3-6H,2,7-8,12H2,1H3. The first-order chi connectivity index (χ1) is 6.79. The third kappa shape index (κ3) is 3.14. The average Bonchev–Trinajstić information content (AvgIpc) is 2.19. The molecular weight excluding hydrogens is 207 g/mol. The topological polar surface area (TPSA) is 0 Å². The number of rotatable bonds is 4.